The number of hydrogen-bond donors (Lipinski definition) is 1. The Balaban J connectivity index is 2.40. The van der Waals surface area contributed by atoms with E-state index in [1.54, 1.807) is 0 Å². The Morgan fingerprint density at radius 2 is 1.89 bits per heavy atom. The molecule has 1 rings (SSSR count). The molecule has 0 aromatic rings. The van der Waals surface area contributed by atoms with Crippen LogP contribution in [0.15, 0.2) is 0 Å². The summed E-state index contributed by atoms with van der Waals surface area (Å²) in [4.78, 5) is 0. The first-order valence-corrected chi connectivity index (χ1v) is 8.56. The molecule has 114 valence electrons. The molecule has 1 saturated heterocycles. The van der Waals surface area contributed by atoms with Crippen molar-refractivity contribution in [2.24, 2.45) is 22.4 Å². The molecule has 1 aliphatic rings. The molecule has 1 fully saturated rings. The summed E-state index contributed by atoms with van der Waals surface area (Å²) in [5.74, 6) is 0.427. The maximum Gasteiger partial charge on any atom is 0.209 e. The summed E-state index contributed by atoms with van der Waals surface area (Å²) in [6, 6.07) is 0. The zero-order valence-corrected chi connectivity index (χ0v) is 13.0. The lowest BCUT2D eigenvalue weighted by molar-refractivity contribution is 0.00161. The number of sulfonamides is 1. The predicted octanol–water partition coefficient (Wildman–Crippen LogP) is 1.38. The molecule has 2 N–H and O–H groups in total. The fourth-order valence-corrected chi connectivity index (χ4v) is 3.28. The summed E-state index contributed by atoms with van der Waals surface area (Å²) in [6.45, 7) is 8.77. The van der Waals surface area contributed by atoms with E-state index in [0.29, 0.717) is 19.1 Å². The summed E-state index contributed by atoms with van der Waals surface area (Å²) in [6.07, 6.45) is 2.05. The van der Waals surface area contributed by atoms with Crippen LogP contribution in [0.1, 0.15) is 33.6 Å². The smallest absolute Gasteiger partial charge is 0.209 e. The molecule has 0 amide bonds. The minimum absolute atomic E-state index is 0.0235. The van der Waals surface area contributed by atoms with Gasteiger partial charge in [0.15, 0.2) is 0 Å². The molecule has 1 aliphatic heterocycles. The lowest BCUT2D eigenvalue weighted by Gasteiger charge is -2.30. The van der Waals surface area contributed by atoms with E-state index < -0.39 is 10.0 Å². The average molecular weight is 293 g/mol. The van der Waals surface area contributed by atoms with Gasteiger partial charge in [-0.15, -0.1) is 0 Å². The molecule has 0 aromatic carbocycles. The van der Waals surface area contributed by atoms with Gasteiger partial charge in [-0.3, -0.25) is 0 Å². The van der Waals surface area contributed by atoms with E-state index in [-0.39, 0.29) is 17.1 Å². The van der Waals surface area contributed by atoms with Gasteiger partial charge < -0.3 is 9.47 Å². The third kappa shape index (κ3) is 7.25. The van der Waals surface area contributed by atoms with E-state index in [9.17, 15) is 8.42 Å². The van der Waals surface area contributed by atoms with Crippen molar-refractivity contribution in [2.45, 2.75) is 33.6 Å². The number of ether oxygens (including phenoxy) is 2. The fourth-order valence-electron chi connectivity index (χ4n) is 2.12. The maximum absolute atomic E-state index is 11.3. The van der Waals surface area contributed by atoms with E-state index in [0.717, 1.165) is 26.1 Å². The highest BCUT2D eigenvalue weighted by Gasteiger charge is 2.29. The first-order valence-electron chi connectivity index (χ1n) is 6.84. The lowest BCUT2D eigenvalue weighted by atomic mass is 9.82. The highest BCUT2D eigenvalue weighted by Crippen LogP contribution is 2.27. The number of rotatable bonds is 6. The molecule has 1 heterocycles. The van der Waals surface area contributed by atoms with Gasteiger partial charge in [-0.1, -0.05) is 20.8 Å². The van der Waals surface area contributed by atoms with Gasteiger partial charge in [0.2, 0.25) is 10.0 Å². The predicted molar refractivity (Wildman–Crippen MR) is 75.3 cm³/mol. The van der Waals surface area contributed by atoms with Crippen LogP contribution in [0.5, 0.6) is 0 Å². The molecule has 19 heavy (non-hydrogen) atoms. The molecule has 0 radical (unpaired) electrons. The largest absolute Gasteiger partial charge is 0.381 e. The summed E-state index contributed by atoms with van der Waals surface area (Å²) < 4.78 is 33.5. The zero-order valence-electron chi connectivity index (χ0n) is 12.2. The second kappa shape index (κ2) is 7.02. The second-order valence-electron chi connectivity index (χ2n) is 6.49. The fraction of sp³-hybridized carbons (Fsp3) is 1.00. The molecule has 0 bridgehead atoms. The molecule has 0 saturated carbocycles. The van der Waals surface area contributed by atoms with Crippen LogP contribution in [0.4, 0.5) is 0 Å². The first kappa shape index (κ1) is 16.9. The highest BCUT2D eigenvalue weighted by molar-refractivity contribution is 7.89. The molecule has 5 nitrogen and oxygen atoms in total. The van der Waals surface area contributed by atoms with E-state index in [1.165, 1.54) is 0 Å². The quantitative estimate of drug-likeness (QED) is 0.802. The van der Waals surface area contributed by atoms with Gasteiger partial charge in [0.05, 0.1) is 12.4 Å². The summed E-state index contributed by atoms with van der Waals surface area (Å²) in [5, 5.41) is 5.15. The van der Waals surface area contributed by atoms with Crippen LogP contribution >= 0.6 is 0 Å². The van der Waals surface area contributed by atoms with Crippen molar-refractivity contribution in [3.63, 3.8) is 0 Å². The molecule has 1 unspecified atom stereocenters. The van der Waals surface area contributed by atoms with Gasteiger partial charge in [0.1, 0.15) is 0 Å². The SMILES string of the molecule is CC(C)(C)C(COCC1CCOCC1)CS(N)(=O)=O. The molecule has 0 aromatic heterocycles. The zero-order chi connectivity index (χ0) is 14.5. The van der Waals surface area contributed by atoms with Gasteiger partial charge in [-0.05, 0) is 24.2 Å². The van der Waals surface area contributed by atoms with Crippen LogP contribution in [-0.4, -0.2) is 40.6 Å². The monoisotopic (exact) mass is 293 g/mol. The molecule has 0 spiro atoms. The minimum Gasteiger partial charge on any atom is -0.381 e. The van der Waals surface area contributed by atoms with Crippen LogP contribution in [0.3, 0.4) is 0 Å². The van der Waals surface area contributed by atoms with Crippen molar-refractivity contribution >= 4 is 10.0 Å². The van der Waals surface area contributed by atoms with Crippen LogP contribution < -0.4 is 5.14 Å². The minimum atomic E-state index is -3.46. The van der Waals surface area contributed by atoms with E-state index >= 15 is 0 Å². The van der Waals surface area contributed by atoms with Crippen molar-refractivity contribution in [3.8, 4) is 0 Å². The van der Waals surface area contributed by atoms with Gasteiger partial charge in [-0.2, -0.15) is 0 Å². The summed E-state index contributed by atoms with van der Waals surface area (Å²) >= 11 is 0. The summed E-state index contributed by atoms with van der Waals surface area (Å²) in [7, 11) is -3.46. The van der Waals surface area contributed by atoms with Crippen LogP contribution in [0, 0.1) is 17.3 Å². The van der Waals surface area contributed by atoms with Crippen LogP contribution in [0.25, 0.3) is 0 Å². The third-order valence-electron chi connectivity index (χ3n) is 3.67. The molecule has 0 aliphatic carbocycles. The molecular weight excluding hydrogens is 266 g/mol. The Morgan fingerprint density at radius 3 is 2.37 bits per heavy atom. The lowest BCUT2D eigenvalue weighted by Crippen LogP contribution is -2.35. The Bertz CT molecular complexity index is 355. The number of hydrogen-bond acceptors (Lipinski definition) is 4. The maximum atomic E-state index is 11.3. The van der Waals surface area contributed by atoms with Crippen LogP contribution in [0.2, 0.25) is 0 Å². The highest BCUT2D eigenvalue weighted by atomic mass is 32.2. The molecular formula is C13H27NO4S. The molecule has 6 heteroatoms. The Labute approximate surface area is 116 Å². The van der Waals surface area contributed by atoms with Crippen LogP contribution in [-0.2, 0) is 19.5 Å². The van der Waals surface area contributed by atoms with Crippen molar-refractivity contribution in [2.75, 3.05) is 32.2 Å². The summed E-state index contributed by atoms with van der Waals surface area (Å²) in [5.41, 5.74) is -0.137. The van der Waals surface area contributed by atoms with Crippen molar-refractivity contribution in [3.05, 3.63) is 0 Å². The normalized spacial score (nSPS) is 20.4. The standard InChI is InChI=1S/C13H27NO4S/c1-13(2,3)12(10-19(14,15)16)9-18-8-11-4-6-17-7-5-11/h11-12H,4-10H2,1-3H3,(H2,14,15,16). The van der Waals surface area contributed by atoms with Crippen molar-refractivity contribution < 1.29 is 17.9 Å². The third-order valence-corrected chi connectivity index (χ3v) is 4.54. The number of primary sulfonamides is 1. The van der Waals surface area contributed by atoms with Gasteiger partial charge in [-0.25, -0.2) is 13.6 Å². The van der Waals surface area contributed by atoms with E-state index in [4.69, 9.17) is 14.6 Å². The second-order valence-corrected chi connectivity index (χ2v) is 8.14. The van der Waals surface area contributed by atoms with E-state index in [1.807, 2.05) is 20.8 Å². The molecule has 1 atom stereocenters. The average Bonchev–Trinajstić information content (AvgIpc) is 2.26. The van der Waals surface area contributed by atoms with Crippen molar-refractivity contribution in [1.29, 1.82) is 0 Å². The van der Waals surface area contributed by atoms with Gasteiger partial charge in [0.25, 0.3) is 0 Å². The number of nitrogens with two attached hydrogens (primary N) is 1. The van der Waals surface area contributed by atoms with Gasteiger partial charge in [0, 0.05) is 25.7 Å². The first-order chi connectivity index (χ1) is 8.68. The van der Waals surface area contributed by atoms with Gasteiger partial charge >= 0.3 is 0 Å². The Hall–Kier alpha value is -0.170. The topological polar surface area (TPSA) is 78.6 Å². The van der Waals surface area contributed by atoms with Crippen molar-refractivity contribution in [1.82, 2.24) is 0 Å². The Morgan fingerprint density at radius 1 is 1.32 bits per heavy atom. The van der Waals surface area contributed by atoms with E-state index in [2.05, 4.69) is 0 Å². The Kier molecular flexibility index (Phi) is 6.23.